The normalized spacial score (nSPS) is 26.3. The van der Waals surface area contributed by atoms with Crippen LogP contribution in [0.3, 0.4) is 0 Å². The van der Waals surface area contributed by atoms with E-state index in [0.29, 0.717) is 6.33 Å². The van der Waals surface area contributed by atoms with Gasteiger partial charge in [0.2, 0.25) is 0 Å². The lowest BCUT2D eigenvalue weighted by molar-refractivity contribution is 0.125. The van der Waals surface area contributed by atoms with E-state index in [1.165, 1.54) is 0 Å². The topological polar surface area (TPSA) is 35.5 Å². The van der Waals surface area contributed by atoms with Gasteiger partial charge in [-0.1, -0.05) is 0 Å². The van der Waals surface area contributed by atoms with Gasteiger partial charge in [0.25, 0.3) is 0 Å². The molecule has 1 rings (SSSR count). The summed E-state index contributed by atoms with van der Waals surface area (Å²) in [5.41, 5.74) is 0. The minimum absolute atomic E-state index is 0.110. The molecular formula is C5H5FO3. The highest BCUT2D eigenvalue weighted by molar-refractivity contribution is 5.62. The van der Waals surface area contributed by atoms with Gasteiger partial charge in [-0.15, -0.1) is 0 Å². The summed E-state index contributed by atoms with van der Waals surface area (Å²) >= 11 is 0. The van der Waals surface area contributed by atoms with Crippen LogP contribution in [0, 0.1) is 0 Å². The van der Waals surface area contributed by atoms with Crippen LogP contribution in [0.25, 0.3) is 0 Å². The summed E-state index contributed by atoms with van der Waals surface area (Å²) in [7, 11) is 0. The van der Waals surface area contributed by atoms with Crippen LogP contribution in [-0.2, 0) is 9.47 Å². The molecule has 0 aromatic carbocycles. The van der Waals surface area contributed by atoms with Crippen molar-refractivity contribution in [1.29, 1.82) is 0 Å². The highest BCUT2D eigenvalue weighted by atomic mass is 19.1. The number of cyclic esters (lactones) is 2. The first-order valence-corrected chi connectivity index (χ1v) is 2.43. The van der Waals surface area contributed by atoms with Crippen LogP contribution in [0.5, 0.6) is 0 Å². The molecule has 1 saturated heterocycles. The van der Waals surface area contributed by atoms with Gasteiger partial charge in [0, 0.05) is 0 Å². The van der Waals surface area contributed by atoms with E-state index >= 15 is 0 Å². The second-order valence-electron chi connectivity index (χ2n) is 1.54. The highest BCUT2D eigenvalue weighted by Crippen LogP contribution is 2.06. The van der Waals surface area contributed by atoms with Crippen molar-refractivity contribution in [3.05, 3.63) is 12.4 Å². The first-order valence-electron chi connectivity index (χ1n) is 2.43. The first kappa shape index (κ1) is 6.07. The van der Waals surface area contributed by atoms with Crippen LogP contribution in [0.2, 0.25) is 0 Å². The maximum Gasteiger partial charge on any atom is 0.509 e. The van der Waals surface area contributed by atoms with Crippen LogP contribution in [0.4, 0.5) is 9.18 Å². The van der Waals surface area contributed by atoms with E-state index in [9.17, 15) is 9.18 Å². The molecule has 50 valence electrons. The third kappa shape index (κ3) is 1.42. The Morgan fingerprint density at radius 2 is 2.56 bits per heavy atom. The number of carbonyl (C=O) groups excluding carboxylic acids is 1. The number of rotatable bonds is 1. The van der Waals surface area contributed by atoms with Crippen LogP contribution in [0.1, 0.15) is 0 Å². The molecule has 0 aromatic rings. The molecule has 4 heteroatoms. The van der Waals surface area contributed by atoms with Crippen molar-refractivity contribution >= 4 is 6.16 Å². The average molecular weight is 132 g/mol. The van der Waals surface area contributed by atoms with Gasteiger partial charge in [0.05, 0.1) is 6.33 Å². The Kier molecular flexibility index (Phi) is 1.67. The van der Waals surface area contributed by atoms with Gasteiger partial charge in [-0.2, -0.15) is 0 Å². The summed E-state index contributed by atoms with van der Waals surface area (Å²) in [6.07, 6.45) is 0.165. The van der Waals surface area contributed by atoms with Crippen LogP contribution >= 0.6 is 0 Å². The summed E-state index contributed by atoms with van der Waals surface area (Å²) < 4.78 is 20.1. The molecule has 1 aliphatic rings. The third-order valence-electron chi connectivity index (χ3n) is 0.900. The molecule has 3 nitrogen and oxygen atoms in total. The van der Waals surface area contributed by atoms with E-state index in [0.717, 1.165) is 6.08 Å². The van der Waals surface area contributed by atoms with Gasteiger partial charge < -0.3 is 9.47 Å². The Bertz CT molecular complexity index is 143. The lowest BCUT2D eigenvalue weighted by Crippen LogP contribution is -2.04. The van der Waals surface area contributed by atoms with Crippen LogP contribution in [-0.4, -0.2) is 18.9 Å². The molecule has 9 heavy (non-hydrogen) atoms. The van der Waals surface area contributed by atoms with E-state index in [4.69, 9.17) is 0 Å². The molecular weight excluding hydrogens is 127 g/mol. The van der Waals surface area contributed by atoms with Gasteiger partial charge >= 0.3 is 6.16 Å². The summed E-state index contributed by atoms with van der Waals surface area (Å²) in [6, 6.07) is 0. The zero-order chi connectivity index (χ0) is 6.69. The van der Waals surface area contributed by atoms with Crippen LogP contribution < -0.4 is 0 Å². The Morgan fingerprint density at radius 1 is 1.78 bits per heavy atom. The van der Waals surface area contributed by atoms with Crippen molar-refractivity contribution in [3.8, 4) is 0 Å². The van der Waals surface area contributed by atoms with Gasteiger partial charge in [-0.25, -0.2) is 9.18 Å². The lowest BCUT2D eigenvalue weighted by atomic mass is 10.4. The van der Waals surface area contributed by atoms with Crippen molar-refractivity contribution < 1.29 is 18.7 Å². The standard InChI is InChI=1S/C5H5FO3/c6-2-1-4-3-8-5(7)9-4/h1-2,4H,3H2. The highest BCUT2D eigenvalue weighted by Gasteiger charge is 2.21. The summed E-state index contributed by atoms with van der Waals surface area (Å²) in [5.74, 6) is 0. The summed E-state index contributed by atoms with van der Waals surface area (Å²) in [5, 5.41) is 0. The van der Waals surface area contributed by atoms with Crippen LogP contribution in [0.15, 0.2) is 12.4 Å². The SMILES string of the molecule is O=C1OCC(C=CF)O1. The Balaban J connectivity index is 2.39. The Labute approximate surface area is 51.1 Å². The molecule has 0 aromatic heterocycles. The van der Waals surface area contributed by atoms with E-state index in [2.05, 4.69) is 9.47 Å². The minimum atomic E-state index is -0.738. The number of carbonyl (C=O) groups is 1. The molecule has 0 saturated carbocycles. The molecule has 1 atom stereocenters. The molecule has 1 aliphatic heterocycles. The quantitative estimate of drug-likeness (QED) is 0.499. The third-order valence-corrected chi connectivity index (χ3v) is 0.900. The maximum absolute atomic E-state index is 11.3. The largest absolute Gasteiger partial charge is 0.509 e. The van der Waals surface area contributed by atoms with E-state index in [1.807, 2.05) is 0 Å². The van der Waals surface area contributed by atoms with Gasteiger partial charge in [0.1, 0.15) is 6.61 Å². The molecule has 0 spiro atoms. The fourth-order valence-electron chi connectivity index (χ4n) is 0.518. The fraction of sp³-hybridized carbons (Fsp3) is 0.400. The van der Waals surface area contributed by atoms with E-state index < -0.39 is 12.3 Å². The Morgan fingerprint density at radius 3 is 3.00 bits per heavy atom. The molecule has 0 N–H and O–H groups in total. The molecule has 0 bridgehead atoms. The van der Waals surface area contributed by atoms with Crippen molar-refractivity contribution in [2.45, 2.75) is 6.10 Å². The van der Waals surface area contributed by atoms with Gasteiger partial charge in [0.15, 0.2) is 6.10 Å². The van der Waals surface area contributed by atoms with Crippen molar-refractivity contribution in [2.75, 3.05) is 6.61 Å². The average Bonchev–Trinajstić information content (AvgIpc) is 2.17. The lowest BCUT2D eigenvalue weighted by Gasteiger charge is -1.93. The fourth-order valence-corrected chi connectivity index (χ4v) is 0.518. The molecule has 0 amide bonds. The van der Waals surface area contributed by atoms with E-state index in [1.54, 1.807) is 0 Å². The molecule has 0 aliphatic carbocycles. The maximum atomic E-state index is 11.3. The van der Waals surface area contributed by atoms with Crippen molar-refractivity contribution in [3.63, 3.8) is 0 Å². The number of hydrogen-bond acceptors (Lipinski definition) is 3. The first-order chi connectivity index (χ1) is 4.33. The smallest absolute Gasteiger partial charge is 0.430 e. The second kappa shape index (κ2) is 2.48. The van der Waals surface area contributed by atoms with Gasteiger partial charge in [-0.05, 0) is 6.08 Å². The summed E-state index contributed by atoms with van der Waals surface area (Å²) in [6.45, 7) is 0.110. The minimum Gasteiger partial charge on any atom is -0.430 e. The summed E-state index contributed by atoms with van der Waals surface area (Å²) in [4.78, 5) is 10.1. The zero-order valence-electron chi connectivity index (χ0n) is 4.54. The molecule has 0 radical (unpaired) electrons. The van der Waals surface area contributed by atoms with E-state index in [-0.39, 0.29) is 6.61 Å². The van der Waals surface area contributed by atoms with Gasteiger partial charge in [-0.3, -0.25) is 0 Å². The monoisotopic (exact) mass is 132 g/mol. The van der Waals surface area contributed by atoms with Crippen molar-refractivity contribution in [2.24, 2.45) is 0 Å². The zero-order valence-corrected chi connectivity index (χ0v) is 4.54. The predicted molar refractivity (Wildman–Crippen MR) is 26.5 cm³/mol. The number of hydrogen-bond donors (Lipinski definition) is 0. The second-order valence-corrected chi connectivity index (χ2v) is 1.54. The molecule has 1 heterocycles. The van der Waals surface area contributed by atoms with Crippen molar-refractivity contribution in [1.82, 2.24) is 0 Å². The molecule has 1 fully saturated rings. The number of ether oxygens (including phenoxy) is 2. The predicted octanol–water partition coefficient (Wildman–Crippen LogP) is 1.00. The molecule has 1 unspecified atom stereocenters. The Hall–Kier alpha value is -1.06. The number of halogens is 1.